The zero-order valence-corrected chi connectivity index (χ0v) is 17.3. The second kappa shape index (κ2) is 9.48. The molecule has 0 bridgehead atoms. The zero-order valence-electron chi connectivity index (χ0n) is 15.7. The van der Waals surface area contributed by atoms with Crippen LogP contribution < -0.4 is 5.32 Å². The van der Waals surface area contributed by atoms with E-state index in [9.17, 15) is 0 Å². The van der Waals surface area contributed by atoms with Gasteiger partial charge in [0, 0.05) is 43.1 Å². The Hall–Kier alpha value is -1.44. The zero-order chi connectivity index (χ0) is 18.4. The highest BCUT2D eigenvalue weighted by Crippen LogP contribution is 2.27. The fourth-order valence-electron chi connectivity index (χ4n) is 3.81. The van der Waals surface area contributed by atoms with Crippen LogP contribution in [0.15, 0.2) is 41.5 Å². The van der Waals surface area contributed by atoms with Crippen molar-refractivity contribution in [2.75, 3.05) is 39.2 Å². The number of rotatable bonds is 6. The van der Waals surface area contributed by atoms with Crippen molar-refractivity contribution in [2.45, 2.75) is 25.4 Å². The van der Waals surface area contributed by atoms with E-state index in [0.29, 0.717) is 12.0 Å². The van der Waals surface area contributed by atoms with Crippen LogP contribution in [0.2, 0.25) is 0 Å². The number of likely N-dealkylation sites (N-methyl/N-ethyl adjacent to an activating group) is 1. The predicted octanol–water partition coefficient (Wildman–Crippen LogP) is 2.31. The van der Waals surface area contributed by atoms with Crippen molar-refractivity contribution < 1.29 is 0 Å². The number of hydrogen-bond acceptors (Lipinski definition) is 6. The molecule has 0 radical (unpaired) electrons. The molecular weight excluding hydrogens is 392 g/mol. The van der Waals surface area contributed by atoms with Crippen molar-refractivity contribution >= 4 is 22.1 Å². The summed E-state index contributed by atoms with van der Waals surface area (Å²) in [7, 11) is 4.43. The van der Waals surface area contributed by atoms with E-state index >= 15 is 0 Å². The lowest BCUT2D eigenvalue weighted by molar-refractivity contribution is 0.0744. The van der Waals surface area contributed by atoms with Gasteiger partial charge in [-0.3, -0.25) is 9.88 Å². The van der Waals surface area contributed by atoms with Crippen molar-refractivity contribution in [2.24, 2.45) is 11.0 Å². The first-order valence-corrected chi connectivity index (χ1v) is 10.4. The van der Waals surface area contributed by atoms with E-state index in [1.165, 1.54) is 24.9 Å². The summed E-state index contributed by atoms with van der Waals surface area (Å²) in [6.45, 7) is 3.91. The van der Waals surface area contributed by atoms with Crippen LogP contribution in [-0.2, 0) is 6.54 Å². The molecule has 6 nitrogen and oxygen atoms in total. The standard InChI is InChI=1S/C19H29BrN6/c1-24-10-4-6-17(14-24)18-11-19(22-13-16-5-3-8-21-12-16)26(15-25(18)2)23-9-7-20/h3,5,8-9,11-12,17-18,22H,4,6-7,10,13-15H2,1-2H3/b23-9-. The highest BCUT2D eigenvalue weighted by Gasteiger charge is 2.32. The number of alkyl halides is 1. The molecule has 1 saturated heterocycles. The molecule has 3 rings (SSSR count). The van der Waals surface area contributed by atoms with Crippen LogP contribution >= 0.6 is 15.9 Å². The summed E-state index contributed by atoms with van der Waals surface area (Å²) in [6.07, 6.45) is 10.5. The Bertz CT molecular complexity index is 620. The number of halogens is 1. The smallest absolute Gasteiger partial charge is 0.121 e. The van der Waals surface area contributed by atoms with E-state index in [4.69, 9.17) is 0 Å². The Morgan fingerprint density at radius 1 is 1.42 bits per heavy atom. The minimum Gasteiger partial charge on any atom is -0.366 e. The van der Waals surface area contributed by atoms with Crippen molar-refractivity contribution in [3.8, 4) is 0 Å². The van der Waals surface area contributed by atoms with Crippen molar-refractivity contribution in [1.82, 2.24) is 25.1 Å². The summed E-state index contributed by atoms with van der Waals surface area (Å²) in [6, 6.07) is 4.50. The molecule has 2 aliphatic rings. The van der Waals surface area contributed by atoms with Gasteiger partial charge in [-0.1, -0.05) is 22.0 Å². The fourth-order valence-corrected chi connectivity index (χ4v) is 3.94. The molecule has 0 spiro atoms. The van der Waals surface area contributed by atoms with Crippen LogP contribution in [0, 0.1) is 5.92 Å². The summed E-state index contributed by atoms with van der Waals surface area (Å²) in [4.78, 5) is 9.06. The monoisotopic (exact) mass is 420 g/mol. The lowest BCUT2D eigenvalue weighted by Gasteiger charge is -2.43. The first kappa shape index (κ1) is 19.3. The van der Waals surface area contributed by atoms with Crippen LogP contribution in [0.5, 0.6) is 0 Å². The van der Waals surface area contributed by atoms with Gasteiger partial charge in [-0.25, -0.2) is 5.01 Å². The first-order chi connectivity index (χ1) is 12.7. The normalized spacial score (nSPS) is 25.5. The maximum atomic E-state index is 4.60. The summed E-state index contributed by atoms with van der Waals surface area (Å²) < 4.78 is 0. The average Bonchev–Trinajstić information content (AvgIpc) is 2.66. The molecule has 0 amide bonds. The van der Waals surface area contributed by atoms with E-state index in [-0.39, 0.29) is 0 Å². The minimum absolute atomic E-state index is 0.435. The topological polar surface area (TPSA) is 47.0 Å². The van der Waals surface area contributed by atoms with Gasteiger partial charge in [-0.2, -0.15) is 5.10 Å². The van der Waals surface area contributed by atoms with Crippen LogP contribution in [0.1, 0.15) is 18.4 Å². The van der Waals surface area contributed by atoms with Gasteiger partial charge in [-0.15, -0.1) is 0 Å². The first-order valence-electron chi connectivity index (χ1n) is 9.26. The largest absolute Gasteiger partial charge is 0.366 e. The van der Waals surface area contributed by atoms with E-state index < -0.39 is 0 Å². The summed E-state index contributed by atoms with van der Waals surface area (Å²) in [5.41, 5.74) is 1.17. The third-order valence-corrected chi connectivity index (χ3v) is 5.39. The molecule has 7 heteroatoms. The molecule has 2 atom stereocenters. The maximum absolute atomic E-state index is 4.60. The molecule has 1 N–H and O–H groups in total. The Morgan fingerprint density at radius 2 is 2.31 bits per heavy atom. The number of aromatic nitrogens is 1. The molecule has 0 saturated carbocycles. The summed E-state index contributed by atoms with van der Waals surface area (Å²) in [5.74, 6) is 1.75. The highest BCUT2D eigenvalue weighted by atomic mass is 79.9. The van der Waals surface area contributed by atoms with Gasteiger partial charge in [0.15, 0.2) is 0 Å². The molecule has 3 heterocycles. The quantitative estimate of drug-likeness (QED) is 0.564. The minimum atomic E-state index is 0.435. The lowest BCUT2D eigenvalue weighted by Crippen LogP contribution is -2.51. The maximum Gasteiger partial charge on any atom is 0.121 e. The molecular formula is C19H29BrN6. The van der Waals surface area contributed by atoms with Gasteiger partial charge in [0.05, 0.1) is 6.67 Å². The molecule has 142 valence electrons. The summed E-state index contributed by atoms with van der Waals surface area (Å²) in [5, 5.41) is 11.0. The van der Waals surface area contributed by atoms with E-state index in [0.717, 1.165) is 30.9 Å². The molecule has 1 aromatic rings. The molecule has 1 aromatic heterocycles. The molecule has 26 heavy (non-hydrogen) atoms. The lowest BCUT2D eigenvalue weighted by atomic mass is 9.89. The predicted molar refractivity (Wildman–Crippen MR) is 110 cm³/mol. The van der Waals surface area contributed by atoms with Gasteiger partial charge in [0.2, 0.25) is 0 Å². The van der Waals surface area contributed by atoms with Crippen LogP contribution in [0.3, 0.4) is 0 Å². The Balaban J connectivity index is 1.76. The highest BCUT2D eigenvalue weighted by molar-refractivity contribution is 9.09. The molecule has 2 aliphatic heterocycles. The van der Waals surface area contributed by atoms with Crippen LogP contribution in [0.25, 0.3) is 0 Å². The average molecular weight is 421 g/mol. The Labute approximate surface area is 165 Å². The molecule has 0 aromatic carbocycles. The number of nitrogens with zero attached hydrogens (tertiary/aromatic N) is 5. The van der Waals surface area contributed by atoms with E-state index in [1.807, 2.05) is 23.5 Å². The second-order valence-electron chi connectivity index (χ2n) is 7.17. The van der Waals surface area contributed by atoms with Gasteiger partial charge in [-0.05, 0) is 57.1 Å². The van der Waals surface area contributed by atoms with E-state index in [1.54, 1.807) is 6.20 Å². The number of pyridine rings is 1. The fraction of sp³-hybridized carbons (Fsp3) is 0.579. The number of piperidine rings is 1. The van der Waals surface area contributed by atoms with E-state index in [2.05, 4.69) is 67.4 Å². The van der Waals surface area contributed by atoms with Gasteiger partial charge < -0.3 is 10.2 Å². The van der Waals surface area contributed by atoms with Crippen LogP contribution in [-0.4, -0.2) is 71.2 Å². The Morgan fingerprint density at radius 3 is 3.04 bits per heavy atom. The van der Waals surface area contributed by atoms with Gasteiger partial charge >= 0.3 is 0 Å². The molecule has 0 aliphatic carbocycles. The van der Waals surface area contributed by atoms with Crippen molar-refractivity contribution in [3.63, 3.8) is 0 Å². The number of hydrogen-bond donors (Lipinski definition) is 1. The number of nitrogens with one attached hydrogen (secondary N) is 1. The molecule has 1 fully saturated rings. The van der Waals surface area contributed by atoms with Gasteiger partial charge in [0.1, 0.15) is 5.82 Å². The summed E-state index contributed by atoms with van der Waals surface area (Å²) >= 11 is 3.42. The third kappa shape index (κ3) is 5.05. The SMILES string of the molecule is CN1CCCC(C2C=C(NCc3cccnc3)N(/N=C\CBr)CN2C)C1. The number of hydrazone groups is 1. The number of likely N-dealkylation sites (tertiary alicyclic amines) is 1. The van der Waals surface area contributed by atoms with Crippen LogP contribution in [0.4, 0.5) is 0 Å². The third-order valence-electron chi connectivity index (χ3n) is 5.10. The van der Waals surface area contributed by atoms with Crippen molar-refractivity contribution in [1.29, 1.82) is 0 Å². The Kier molecular flexibility index (Phi) is 7.05. The second-order valence-corrected chi connectivity index (χ2v) is 7.82. The van der Waals surface area contributed by atoms with Crippen molar-refractivity contribution in [3.05, 3.63) is 42.0 Å². The van der Waals surface area contributed by atoms with Gasteiger partial charge in [0.25, 0.3) is 0 Å². The molecule has 2 unspecified atom stereocenters.